The van der Waals surface area contributed by atoms with E-state index in [4.69, 9.17) is 4.98 Å². The quantitative estimate of drug-likeness (QED) is 0.674. The predicted octanol–water partition coefficient (Wildman–Crippen LogP) is 2.69. The van der Waals surface area contributed by atoms with Gasteiger partial charge in [-0.15, -0.1) is 0 Å². The highest BCUT2D eigenvalue weighted by molar-refractivity contribution is 5.78. The van der Waals surface area contributed by atoms with Crippen LogP contribution in [0.3, 0.4) is 0 Å². The van der Waals surface area contributed by atoms with Crippen LogP contribution in [-0.4, -0.2) is 81.9 Å². The van der Waals surface area contributed by atoms with E-state index in [1.807, 2.05) is 7.05 Å². The van der Waals surface area contributed by atoms with E-state index < -0.39 is 0 Å². The maximum atomic E-state index is 13.0. The van der Waals surface area contributed by atoms with Crippen LogP contribution in [0, 0.1) is 11.8 Å². The maximum Gasteiger partial charge on any atom is 0.278 e. The van der Waals surface area contributed by atoms with Crippen molar-refractivity contribution >= 4 is 17.0 Å². The number of aryl methyl sites for hydroxylation is 1. The lowest BCUT2D eigenvalue weighted by molar-refractivity contribution is 0.124. The highest BCUT2D eigenvalue weighted by Crippen LogP contribution is 2.27. The molecule has 0 bridgehead atoms. The van der Waals surface area contributed by atoms with Crippen LogP contribution in [0.15, 0.2) is 4.79 Å². The predicted molar refractivity (Wildman–Crippen MR) is 133 cm³/mol. The van der Waals surface area contributed by atoms with Crippen LogP contribution in [0.5, 0.6) is 0 Å². The topological polar surface area (TPSA) is 73.3 Å². The molecular formula is C24H43N7O. The van der Waals surface area contributed by atoms with Crippen LogP contribution in [0.2, 0.25) is 0 Å². The van der Waals surface area contributed by atoms with Gasteiger partial charge in [0.1, 0.15) is 5.52 Å². The van der Waals surface area contributed by atoms with Crippen molar-refractivity contribution in [2.75, 3.05) is 57.3 Å². The smallest absolute Gasteiger partial charge is 0.278 e. The summed E-state index contributed by atoms with van der Waals surface area (Å²) >= 11 is 0. The minimum atomic E-state index is -0.184. The first kappa shape index (κ1) is 24.7. The van der Waals surface area contributed by atoms with Crippen LogP contribution in [0.4, 0.5) is 5.95 Å². The Morgan fingerprint density at radius 1 is 1.03 bits per heavy atom. The monoisotopic (exact) mass is 445 g/mol. The molecule has 2 aromatic heterocycles. The van der Waals surface area contributed by atoms with Crippen molar-refractivity contribution in [1.82, 2.24) is 29.5 Å². The van der Waals surface area contributed by atoms with Crippen molar-refractivity contribution in [3.8, 4) is 0 Å². The summed E-state index contributed by atoms with van der Waals surface area (Å²) in [6.07, 6.45) is 0. The van der Waals surface area contributed by atoms with E-state index in [1.165, 1.54) is 6.54 Å². The normalized spacial score (nSPS) is 16.6. The fourth-order valence-corrected chi connectivity index (χ4v) is 4.52. The van der Waals surface area contributed by atoms with Crippen LogP contribution < -0.4 is 10.5 Å². The van der Waals surface area contributed by atoms with Gasteiger partial charge in [-0.3, -0.25) is 19.4 Å². The summed E-state index contributed by atoms with van der Waals surface area (Å²) in [5.41, 5.74) is 1.83. The molecule has 1 saturated heterocycles. The number of nitrogens with zero attached hydrogens (tertiary/aromatic N) is 6. The second-order valence-corrected chi connectivity index (χ2v) is 11.2. The third-order valence-corrected chi connectivity index (χ3v) is 6.05. The molecule has 0 saturated carbocycles. The van der Waals surface area contributed by atoms with Gasteiger partial charge in [-0.2, -0.15) is 5.10 Å². The van der Waals surface area contributed by atoms with E-state index in [-0.39, 0.29) is 11.0 Å². The average Bonchev–Trinajstić information content (AvgIpc) is 3.03. The minimum Gasteiger partial charge on any atom is -0.341 e. The van der Waals surface area contributed by atoms with Gasteiger partial charge in [0.05, 0.1) is 5.69 Å². The number of piperazine rings is 1. The van der Waals surface area contributed by atoms with Gasteiger partial charge in [0.2, 0.25) is 5.95 Å². The number of hydrogen-bond donors (Lipinski definition) is 1. The zero-order chi connectivity index (χ0) is 23.6. The highest BCUT2D eigenvalue weighted by Gasteiger charge is 2.26. The van der Waals surface area contributed by atoms with Crippen LogP contribution in [0.25, 0.3) is 11.0 Å². The van der Waals surface area contributed by atoms with E-state index in [0.717, 1.165) is 57.0 Å². The Bertz CT molecular complexity index is 946. The fraction of sp³-hybridized carbons (Fsp3) is 0.792. The molecule has 8 nitrogen and oxygen atoms in total. The largest absolute Gasteiger partial charge is 0.341 e. The van der Waals surface area contributed by atoms with Crippen molar-refractivity contribution in [1.29, 1.82) is 0 Å². The first-order valence-electron chi connectivity index (χ1n) is 12.1. The summed E-state index contributed by atoms with van der Waals surface area (Å²) in [4.78, 5) is 28.3. The zero-order valence-corrected chi connectivity index (χ0v) is 21.4. The number of nitrogens with one attached hydrogen (secondary N) is 1. The molecule has 1 aliphatic rings. The number of hydrogen-bond acceptors (Lipinski definition) is 6. The fourth-order valence-electron chi connectivity index (χ4n) is 4.52. The molecule has 1 fully saturated rings. The summed E-state index contributed by atoms with van der Waals surface area (Å²) in [6, 6.07) is 0. The molecule has 3 rings (SSSR count). The highest BCUT2D eigenvalue weighted by atomic mass is 16.1. The Labute approximate surface area is 193 Å². The molecule has 32 heavy (non-hydrogen) atoms. The van der Waals surface area contributed by atoms with Crippen molar-refractivity contribution < 1.29 is 0 Å². The molecule has 0 spiro atoms. The van der Waals surface area contributed by atoms with Crippen molar-refractivity contribution in [2.45, 2.75) is 53.9 Å². The molecule has 0 atom stereocenters. The summed E-state index contributed by atoms with van der Waals surface area (Å²) < 4.78 is 1.66. The summed E-state index contributed by atoms with van der Waals surface area (Å²) in [5.74, 6) is 1.84. The van der Waals surface area contributed by atoms with E-state index in [9.17, 15) is 4.79 Å². The SMILES string of the molecule is CC(C)CN1CCN(CCN(CC(C)C)c2nc3c(C(C)(C)C)nn(C)c3c(=O)[nH]2)CC1. The van der Waals surface area contributed by atoms with Crippen molar-refractivity contribution in [2.24, 2.45) is 18.9 Å². The number of fused-ring (bicyclic) bond motifs is 1. The summed E-state index contributed by atoms with van der Waals surface area (Å²) in [5, 5.41) is 4.63. The van der Waals surface area contributed by atoms with Crippen LogP contribution >= 0.6 is 0 Å². The van der Waals surface area contributed by atoms with Gasteiger partial charge in [0, 0.05) is 64.8 Å². The third-order valence-electron chi connectivity index (χ3n) is 6.05. The van der Waals surface area contributed by atoms with E-state index in [2.05, 4.69) is 73.2 Å². The zero-order valence-electron chi connectivity index (χ0n) is 21.4. The molecule has 1 aliphatic heterocycles. The second kappa shape index (κ2) is 9.91. The number of H-pyrrole nitrogens is 1. The Morgan fingerprint density at radius 2 is 1.66 bits per heavy atom. The number of aromatic nitrogens is 4. The number of aromatic amines is 1. The van der Waals surface area contributed by atoms with Gasteiger partial charge in [-0.1, -0.05) is 48.5 Å². The van der Waals surface area contributed by atoms with Crippen molar-refractivity contribution in [3.63, 3.8) is 0 Å². The second-order valence-electron chi connectivity index (χ2n) is 11.2. The maximum absolute atomic E-state index is 13.0. The summed E-state index contributed by atoms with van der Waals surface area (Å²) in [7, 11) is 1.82. The van der Waals surface area contributed by atoms with Gasteiger partial charge < -0.3 is 9.80 Å². The van der Waals surface area contributed by atoms with E-state index in [1.54, 1.807) is 4.68 Å². The van der Waals surface area contributed by atoms with Crippen LogP contribution in [-0.2, 0) is 12.5 Å². The molecule has 0 unspecified atom stereocenters. The molecular weight excluding hydrogens is 402 g/mol. The lowest BCUT2D eigenvalue weighted by atomic mass is 9.91. The molecule has 3 heterocycles. The van der Waals surface area contributed by atoms with E-state index >= 15 is 0 Å². The first-order chi connectivity index (χ1) is 15.0. The van der Waals surface area contributed by atoms with Gasteiger partial charge in [0.25, 0.3) is 5.56 Å². The molecule has 1 N–H and O–H groups in total. The van der Waals surface area contributed by atoms with E-state index in [0.29, 0.717) is 23.3 Å². The average molecular weight is 446 g/mol. The van der Waals surface area contributed by atoms with Gasteiger partial charge in [0.15, 0.2) is 5.52 Å². The molecule has 0 aliphatic carbocycles. The van der Waals surface area contributed by atoms with Gasteiger partial charge >= 0.3 is 0 Å². The number of rotatable bonds is 8. The molecule has 2 aromatic rings. The Kier molecular flexibility index (Phi) is 7.65. The van der Waals surface area contributed by atoms with Crippen molar-refractivity contribution in [3.05, 3.63) is 16.0 Å². The Balaban J connectivity index is 1.80. The molecule has 0 radical (unpaired) electrons. The number of anilines is 1. The molecule has 0 aromatic carbocycles. The van der Waals surface area contributed by atoms with Gasteiger partial charge in [-0.25, -0.2) is 4.98 Å². The van der Waals surface area contributed by atoms with Crippen LogP contribution in [0.1, 0.15) is 54.2 Å². The lowest BCUT2D eigenvalue weighted by Crippen LogP contribution is -2.49. The molecule has 8 heteroatoms. The molecule has 0 amide bonds. The Morgan fingerprint density at radius 3 is 2.22 bits per heavy atom. The third kappa shape index (κ3) is 5.90. The van der Waals surface area contributed by atoms with Gasteiger partial charge in [-0.05, 0) is 11.8 Å². The lowest BCUT2D eigenvalue weighted by Gasteiger charge is -2.36. The first-order valence-corrected chi connectivity index (χ1v) is 12.1. The summed E-state index contributed by atoms with van der Waals surface area (Å²) in [6.45, 7) is 23.6. The Hall–Kier alpha value is -1.93. The minimum absolute atomic E-state index is 0.119. The standard InChI is InChI=1S/C24H43N7O/c1-17(2)15-30-11-9-29(10-12-30)13-14-31(16-18(3)4)23-25-19-20(22(32)26-23)28(8)27-21(19)24(5,6)7/h17-18H,9-16H2,1-8H3,(H,25,26,32). The molecule has 180 valence electrons.